The maximum atomic E-state index is 10.5. The van der Waals surface area contributed by atoms with Crippen molar-refractivity contribution in [2.24, 2.45) is 23.5 Å². The van der Waals surface area contributed by atoms with Gasteiger partial charge in [0.05, 0.1) is 6.10 Å². The number of aryl methyl sites for hydroxylation is 2. The lowest BCUT2D eigenvalue weighted by atomic mass is 9.88. The van der Waals surface area contributed by atoms with E-state index in [0.717, 1.165) is 32.2 Å². The van der Waals surface area contributed by atoms with E-state index in [-0.39, 0.29) is 6.10 Å². The summed E-state index contributed by atoms with van der Waals surface area (Å²) in [6.45, 7) is 2.94. The van der Waals surface area contributed by atoms with Crippen LogP contribution in [0.4, 0.5) is 0 Å². The quantitative estimate of drug-likeness (QED) is 0.539. The second-order valence-electron chi connectivity index (χ2n) is 7.94. The zero-order chi connectivity index (χ0) is 17.6. The van der Waals surface area contributed by atoms with Gasteiger partial charge in [-0.15, -0.1) is 0 Å². The number of fused-ring (bicyclic) bond motifs is 1. The fourth-order valence-corrected chi connectivity index (χ4v) is 4.66. The number of rotatable bonds is 8. The molecule has 3 rings (SSSR count). The molecule has 0 radical (unpaired) electrons. The first-order chi connectivity index (χ1) is 12.2. The molecule has 136 valence electrons. The summed E-state index contributed by atoms with van der Waals surface area (Å²) < 4.78 is 0. The molecule has 0 saturated heterocycles. The molecule has 2 nitrogen and oxygen atoms in total. The van der Waals surface area contributed by atoms with Crippen molar-refractivity contribution >= 4 is 0 Å². The van der Waals surface area contributed by atoms with E-state index in [9.17, 15) is 5.11 Å². The van der Waals surface area contributed by atoms with Crippen molar-refractivity contribution in [2.45, 2.75) is 58.0 Å². The molecule has 1 fully saturated rings. The number of benzene rings is 1. The number of hydrogen-bond acceptors (Lipinski definition) is 2. The van der Waals surface area contributed by atoms with Gasteiger partial charge in [-0.1, -0.05) is 53.6 Å². The molecule has 0 heterocycles. The monoisotopic (exact) mass is 339 g/mol. The van der Waals surface area contributed by atoms with E-state index in [2.05, 4.69) is 49.4 Å². The van der Waals surface area contributed by atoms with E-state index in [1.807, 2.05) is 0 Å². The number of nitrogens with two attached hydrogens (primary N) is 1. The normalized spacial score (nSPS) is 28.5. The largest absolute Gasteiger partial charge is 0.392 e. The molecule has 2 heteroatoms. The Labute approximate surface area is 152 Å². The molecule has 0 amide bonds. The van der Waals surface area contributed by atoms with E-state index in [1.165, 1.54) is 30.4 Å². The second-order valence-corrected chi connectivity index (χ2v) is 7.94. The zero-order valence-electron chi connectivity index (χ0n) is 15.5. The lowest BCUT2D eigenvalue weighted by Crippen LogP contribution is -2.17. The predicted molar refractivity (Wildman–Crippen MR) is 105 cm³/mol. The van der Waals surface area contributed by atoms with E-state index >= 15 is 0 Å². The summed E-state index contributed by atoms with van der Waals surface area (Å²) >= 11 is 0. The van der Waals surface area contributed by atoms with Crippen molar-refractivity contribution in [1.82, 2.24) is 0 Å². The van der Waals surface area contributed by atoms with Crippen LogP contribution in [0.15, 0.2) is 48.1 Å². The molecular weight excluding hydrogens is 306 g/mol. The Kier molecular flexibility index (Phi) is 6.50. The molecule has 1 aromatic rings. The molecular formula is C23H33NO. The van der Waals surface area contributed by atoms with Crippen LogP contribution in [0.5, 0.6) is 0 Å². The van der Waals surface area contributed by atoms with E-state index in [1.54, 1.807) is 5.57 Å². The highest BCUT2D eigenvalue weighted by Crippen LogP contribution is 2.48. The zero-order valence-corrected chi connectivity index (χ0v) is 15.5. The average Bonchev–Trinajstić information content (AvgIpc) is 3.09. The van der Waals surface area contributed by atoms with Gasteiger partial charge in [0.15, 0.2) is 0 Å². The molecule has 2 aliphatic carbocycles. The first-order valence-corrected chi connectivity index (χ1v) is 9.97. The number of aliphatic hydroxyl groups excluding tert-OH is 1. The molecule has 0 bridgehead atoms. The van der Waals surface area contributed by atoms with Crippen molar-refractivity contribution in [3.63, 3.8) is 0 Å². The Bertz CT molecular complexity index is 618. The number of allylic oxidation sites excluding steroid dienone is 3. The van der Waals surface area contributed by atoms with Crippen LogP contribution in [0.3, 0.4) is 0 Å². The average molecular weight is 340 g/mol. The van der Waals surface area contributed by atoms with Gasteiger partial charge in [-0.3, -0.25) is 0 Å². The van der Waals surface area contributed by atoms with Gasteiger partial charge in [-0.05, 0) is 75.8 Å². The molecule has 0 spiro atoms. The van der Waals surface area contributed by atoms with Gasteiger partial charge in [0.1, 0.15) is 0 Å². The van der Waals surface area contributed by atoms with Crippen LogP contribution in [0.2, 0.25) is 0 Å². The van der Waals surface area contributed by atoms with Crippen LogP contribution in [0, 0.1) is 24.7 Å². The minimum Gasteiger partial charge on any atom is -0.392 e. The maximum Gasteiger partial charge on any atom is 0.0611 e. The van der Waals surface area contributed by atoms with Gasteiger partial charge in [-0.2, -0.15) is 0 Å². The van der Waals surface area contributed by atoms with Crippen LogP contribution < -0.4 is 5.73 Å². The smallest absolute Gasteiger partial charge is 0.0611 e. The summed E-state index contributed by atoms with van der Waals surface area (Å²) in [4.78, 5) is 0. The summed E-state index contributed by atoms with van der Waals surface area (Å²) in [5.74, 6) is 1.55. The van der Waals surface area contributed by atoms with Crippen molar-refractivity contribution in [2.75, 3.05) is 6.54 Å². The molecule has 4 atom stereocenters. The van der Waals surface area contributed by atoms with E-state index in [4.69, 9.17) is 5.73 Å². The highest BCUT2D eigenvalue weighted by molar-refractivity contribution is 5.23. The lowest BCUT2D eigenvalue weighted by Gasteiger charge is -2.18. The summed E-state index contributed by atoms with van der Waals surface area (Å²) in [5, 5.41) is 10.5. The summed E-state index contributed by atoms with van der Waals surface area (Å²) in [6.07, 6.45) is 14.7. The second kappa shape index (κ2) is 8.82. The molecule has 0 aromatic heterocycles. The van der Waals surface area contributed by atoms with Crippen LogP contribution >= 0.6 is 0 Å². The van der Waals surface area contributed by atoms with Crippen LogP contribution in [0.25, 0.3) is 0 Å². The van der Waals surface area contributed by atoms with Gasteiger partial charge >= 0.3 is 0 Å². The molecule has 2 aliphatic rings. The van der Waals surface area contributed by atoms with Gasteiger partial charge in [0.25, 0.3) is 0 Å². The maximum absolute atomic E-state index is 10.5. The molecule has 25 heavy (non-hydrogen) atoms. The minimum absolute atomic E-state index is 0.160. The van der Waals surface area contributed by atoms with Gasteiger partial charge in [0.2, 0.25) is 0 Å². The Morgan fingerprint density at radius 3 is 2.92 bits per heavy atom. The fourth-order valence-electron chi connectivity index (χ4n) is 4.66. The predicted octanol–water partition coefficient (Wildman–Crippen LogP) is 4.56. The van der Waals surface area contributed by atoms with Crippen LogP contribution in [-0.4, -0.2) is 17.8 Å². The van der Waals surface area contributed by atoms with E-state index in [0.29, 0.717) is 17.8 Å². The third-order valence-corrected chi connectivity index (χ3v) is 5.94. The molecule has 0 unspecified atom stereocenters. The van der Waals surface area contributed by atoms with Gasteiger partial charge in [0, 0.05) is 5.92 Å². The number of hydrogen-bond donors (Lipinski definition) is 2. The fraction of sp³-hybridized carbons (Fsp3) is 0.565. The SMILES string of the molecule is Cc1cccc(CC/C=C/[C@@H]2[C@H]3CC(CCCCN)=C[C@H]3C[C@H]2O)c1. The van der Waals surface area contributed by atoms with Gasteiger partial charge < -0.3 is 10.8 Å². The van der Waals surface area contributed by atoms with Gasteiger partial charge in [-0.25, -0.2) is 0 Å². The third-order valence-electron chi connectivity index (χ3n) is 5.94. The Balaban J connectivity index is 1.49. The minimum atomic E-state index is -0.160. The van der Waals surface area contributed by atoms with Crippen molar-refractivity contribution in [3.8, 4) is 0 Å². The molecule has 0 aliphatic heterocycles. The van der Waals surface area contributed by atoms with Crippen molar-refractivity contribution in [3.05, 3.63) is 59.2 Å². The Morgan fingerprint density at radius 2 is 2.12 bits per heavy atom. The molecule has 1 aromatic carbocycles. The summed E-state index contributed by atoms with van der Waals surface area (Å²) in [5.41, 5.74) is 9.94. The Morgan fingerprint density at radius 1 is 1.24 bits per heavy atom. The van der Waals surface area contributed by atoms with Crippen LogP contribution in [0.1, 0.15) is 49.7 Å². The lowest BCUT2D eigenvalue weighted by molar-refractivity contribution is 0.141. The van der Waals surface area contributed by atoms with E-state index < -0.39 is 0 Å². The summed E-state index contributed by atoms with van der Waals surface area (Å²) in [6, 6.07) is 8.75. The van der Waals surface area contributed by atoms with Crippen molar-refractivity contribution < 1.29 is 5.11 Å². The highest BCUT2D eigenvalue weighted by Gasteiger charge is 2.42. The summed E-state index contributed by atoms with van der Waals surface area (Å²) in [7, 11) is 0. The van der Waals surface area contributed by atoms with Crippen LogP contribution in [-0.2, 0) is 6.42 Å². The topological polar surface area (TPSA) is 46.2 Å². The number of aliphatic hydroxyl groups is 1. The number of unbranched alkanes of at least 4 members (excludes halogenated alkanes) is 1. The first-order valence-electron chi connectivity index (χ1n) is 9.97. The Hall–Kier alpha value is -1.38. The first kappa shape index (κ1) is 18.4. The van der Waals surface area contributed by atoms with Crippen molar-refractivity contribution in [1.29, 1.82) is 0 Å². The molecule has 3 N–H and O–H groups in total. The standard InChI is InChI=1S/C23H33NO/c1-17-7-6-10-18(13-17)8-2-3-11-21-22-15-19(9-4-5-12-24)14-20(22)16-23(21)25/h3,6-7,10-11,13-14,20-23,25H,2,4-5,8-9,12,15-16,24H2,1H3/b11-3+/t20-,21+,22-,23+/m0/s1. The highest BCUT2D eigenvalue weighted by atomic mass is 16.3. The molecule has 1 saturated carbocycles. The third kappa shape index (κ3) is 4.83.